The number of carbonyl (C=O) groups is 2. The molecule has 7 nitrogen and oxygen atoms in total. The van der Waals surface area contributed by atoms with Gasteiger partial charge in [-0.05, 0) is 64.2 Å². The first-order valence-electron chi connectivity index (χ1n) is 10.1. The molecule has 2 heterocycles. The van der Waals surface area contributed by atoms with E-state index in [0.717, 1.165) is 33.2 Å². The molecule has 3 aromatic rings. The lowest BCUT2D eigenvalue weighted by molar-refractivity contribution is -0.305. The van der Waals surface area contributed by atoms with E-state index in [9.17, 15) is 19.5 Å². The summed E-state index contributed by atoms with van der Waals surface area (Å²) in [5, 5.41) is 14.9. The highest BCUT2D eigenvalue weighted by Crippen LogP contribution is 2.34. The maximum Gasteiger partial charge on any atom is 0.340 e. The summed E-state index contributed by atoms with van der Waals surface area (Å²) in [6.45, 7) is 8.01. The van der Waals surface area contributed by atoms with E-state index in [1.807, 2.05) is 33.8 Å². The van der Waals surface area contributed by atoms with Crippen molar-refractivity contribution >= 4 is 33.8 Å². The first-order chi connectivity index (χ1) is 14.2. The summed E-state index contributed by atoms with van der Waals surface area (Å²) in [7, 11) is 0. The van der Waals surface area contributed by atoms with E-state index in [2.05, 4.69) is 5.32 Å². The van der Waals surface area contributed by atoms with Crippen LogP contribution in [0, 0.1) is 27.7 Å². The number of nitrogens with one attached hydrogen (secondary N) is 1. The Morgan fingerprint density at radius 1 is 0.933 bits per heavy atom. The Kier molecular flexibility index (Phi) is 6.29. The third-order valence-electron chi connectivity index (χ3n) is 5.66. The number of furan rings is 1. The minimum atomic E-state index is -1.06. The highest BCUT2D eigenvalue weighted by Gasteiger charge is 2.19. The molecule has 0 aliphatic rings. The van der Waals surface area contributed by atoms with Crippen LogP contribution >= 0.6 is 0 Å². The molecule has 0 spiro atoms. The Morgan fingerprint density at radius 3 is 2.30 bits per heavy atom. The molecule has 0 aliphatic heterocycles. The molecule has 0 bridgehead atoms. The Bertz CT molecular complexity index is 1180. The molecule has 3 rings (SSSR count). The van der Waals surface area contributed by atoms with Crippen molar-refractivity contribution in [2.45, 2.75) is 59.8 Å². The van der Waals surface area contributed by atoms with Gasteiger partial charge in [0.1, 0.15) is 16.9 Å². The van der Waals surface area contributed by atoms with Crippen LogP contribution in [-0.4, -0.2) is 18.4 Å². The number of unbranched alkanes of at least 4 members (excludes halogenated alkanes) is 2. The number of benzene rings is 1. The summed E-state index contributed by atoms with van der Waals surface area (Å²) in [6.07, 6.45) is 1.83. The van der Waals surface area contributed by atoms with Gasteiger partial charge in [-0.2, -0.15) is 0 Å². The number of hydrogen-bond donors (Lipinski definition) is 1. The molecule has 0 aliphatic carbocycles. The number of rotatable bonds is 8. The van der Waals surface area contributed by atoms with Crippen LogP contribution in [0.15, 0.2) is 19.7 Å². The van der Waals surface area contributed by atoms with Crippen molar-refractivity contribution < 1.29 is 23.5 Å². The first-order valence-corrected chi connectivity index (χ1v) is 10.1. The second-order valence-electron chi connectivity index (χ2n) is 7.74. The fourth-order valence-corrected chi connectivity index (χ4v) is 3.72. The van der Waals surface area contributed by atoms with Crippen molar-refractivity contribution in [3.05, 3.63) is 44.5 Å². The molecule has 160 valence electrons. The van der Waals surface area contributed by atoms with Crippen LogP contribution in [0.4, 0.5) is 0 Å². The maximum absolute atomic E-state index is 12.6. The Morgan fingerprint density at radius 2 is 1.60 bits per heavy atom. The fraction of sp³-hybridized carbons (Fsp3) is 0.435. The maximum atomic E-state index is 12.6. The van der Waals surface area contributed by atoms with Crippen molar-refractivity contribution in [1.82, 2.24) is 5.32 Å². The third-order valence-corrected chi connectivity index (χ3v) is 5.66. The summed E-state index contributed by atoms with van der Waals surface area (Å²) in [5.74, 6) is -0.508. The lowest BCUT2D eigenvalue weighted by Gasteiger charge is -2.10. The summed E-state index contributed by atoms with van der Waals surface area (Å²) in [6, 6.07) is 1.96. The zero-order chi connectivity index (χ0) is 22.0. The van der Waals surface area contributed by atoms with Crippen LogP contribution in [0.2, 0.25) is 0 Å². The van der Waals surface area contributed by atoms with Crippen molar-refractivity contribution in [3.63, 3.8) is 0 Å². The molecule has 0 unspecified atom stereocenters. The molecule has 1 N–H and O–H groups in total. The van der Waals surface area contributed by atoms with Crippen molar-refractivity contribution in [2.24, 2.45) is 0 Å². The normalized spacial score (nSPS) is 11.3. The molecule has 0 saturated carbocycles. The molecule has 1 aromatic carbocycles. The van der Waals surface area contributed by atoms with Gasteiger partial charge in [0.2, 0.25) is 5.91 Å². The van der Waals surface area contributed by atoms with E-state index < -0.39 is 11.6 Å². The van der Waals surface area contributed by atoms with E-state index in [1.165, 1.54) is 0 Å². The third kappa shape index (κ3) is 4.25. The van der Waals surface area contributed by atoms with E-state index in [-0.39, 0.29) is 18.7 Å². The standard InChI is InChI=1S/C23H27NO6/c1-12-15(4)29-21-14(3)22-17(10-16(12)21)13(2)18(23(28)30-22)11-19(25)24-9-7-5-6-8-20(26)27/h10H,5-9,11H2,1-4H3,(H,24,25)(H,26,27)/p-1. The van der Waals surface area contributed by atoms with Gasteiger partial charge in [0, 0.05) is 28.8 Å². The van der Waals surface area contributed by atoms with Crippen molar-refractivity contribution in [1.29, 1.82) is 0 Å². The number of amides is 1. The lowest BCUT2D eigenvalue weighted by Crippen LogP contribution is -2.28. The van der Waals surface area contributed by atoms with Gasteiger partial charge in [-0.1, -0.05) is 6.42 Å². The Balaban J connectivity index is 1.80. The number of carboxylic acid groups (broad SMARTS) is 1. The lowest BCUT2D eigenvalue weighted by atomic mass is 9.99. The zero-order valence-corrected chi connectivity index (χ0v) is 17.8. The van der Waals surface area contributed by atoms with Crippen LogP contribution in [0.1, 0.15) is 53.7 Å². The molecule has 0 fully saturated rings. The van der Waals surface area contributed by atoms with Crippen molar-refractivity contribution in [3.8, 4) is 0 Å². The highest BCUT2D eigenvalue weighted by atomic mass is 16.4. The number of carboxylic acids is 1. The van der Waals surface area contributed by atoms with Gasteiger partial charge in [0.05, 0.1) is 12.0 Å². The van der Waals surface area contributed by atoms with Gasteiger partial charge in [0.25, 0.3) is 0 Å². The fourth-order valence-electron chi connectivity index (χ4n) is 3.72. The SMILES string of the molecule is Cc1oc2c(C)c3oc(=O)c(CC(=O)NCCCCCC(=O)[O-])c(C)c3cc2c1C. The van der Waals surface area contributed by atoms with Crippen LogP contribution in [0.5, 0.6) is 0 Å². The number of aliphatic carboxylic acids is 1. The summed E-state index contributed by atoms with van der Waals surface area (Å²) in [4.78, 5) is 35.3. The first kappa shape index (κ1) is 21.6. The summed E-state index contributed by atoms with van der Waals surface area (Å²) in [5.41, 5.74) is 3.55. The molecule has 0 saturated heterocycles. The van der Waals surface area contributed by atoms with Crippen LogP contribution in [-0.2, 0) is 16.0 Å². The van der Waals surface area contributed by atoms with E-state index in [0.29, 0.717) is 42.5 Å². The minimum absolute atomic E-state index is 0.0215. The molecular formula is C23H26NO6-. The minimum Gasteiger partial charge on any atom is -0.550 e. The van der Waals surface area contributed by atoms with Crippen LogP contribution in [0.3, 0.4) is 0 Å². The van der Waals surface area contributed by atoms with E-state index in [4.69, 9.17) is 8.83 Å². The molecule has 0 atom stereocenters. The van der Waals surface area contributed by atoms with Gasteiger partial charge in [-0.3, -0.25) is 4.79 Å². The predicted octanol–water partition coefficient (Wildman–Crippen LogP) is 2.74. The highest BCUT2D eigenvalue weighted by molar-refractivity contribution is 6.00. The van der Waals surface area contributed by atoms with Crippen molar-refractivity contribution in [2.75, 3.05) is 6.54 Å². The second-order valence-corrected chi connectivity index (χ2v) is 7.74. The largest absolute Gasteiger partial charge is 0.550 e. The van der Waals surface area contributed by atoms with Gasteiger partial charge < -0.3 is 24.1 Å². The number of hydrogen-bond acceptors (Lipinski definition) is 6. The zero-order valence-electron chi connectivity index (χ0n) is 17.8. The number of aryl methyl sites for hydroxylation is 4. The molecule has 1 amide bonds. The number of fused-ring (bicyclic) bond motifs is 2. The van der Waals surface area contributed by atoms with Gasteiger partial charge in [-0.15, -0.1) is 0 Å². The second kappa shape index (κ2) is 8.73. The molecule has 7 heteroatoms. The average Bonchev–Trinajstić information content (AvgIpc) is 2.97. The molecule has 0 radical (unpaired) electrons. The summed E-state index contributed by atoms with van der Waals surface area (Å²) >= 11 is 0. The van der Waals surface area contributed by atoms with Gasteiger partial charge >= 0.3 is 5.63 Å². The average molecular weight is 412 g/mol. The molecule has 2 aromatic heterocycles. The van der Waals surface area contributed by atoms with Gasteiger partial charge in [0.15, 0.2) is 0 Å². The quantitative estimate of drug-likeness (QED) is 0.450. The monoisotopic (exact) mass is 412 g/mol. The Labute approximate surface area is 174 Å². The smallest absolute Gasteiger partial charge is 0.340 e. The van der Waals surface area contributed by atoms with E-state index >= 15 is 0 Å². The number of carbonyl (C=O) groups excluding carboxylic acids is 2. The predicted molar refractivity (Wildman–Crippen MR) is 111 cm³/mol. The summed E-state index contributed by atoms with van der Waals surface area (Å²) < 4.78 is 11.4. The van der Waals surface area contributed by atoms with Crippen LogP contribution < -0.4 is 16.0 Å². The van der Waals surface area contributed by atoms with Crippen LogP contribution in [0.25, 0.3) is 21.9 Å². The Hall–Kier alpha value is -3.09. The molecular weight excluding hydrogens is 386 g/mol. The van der Waals surface area contributed by atoms with E-state index in [1.54, 1.807) is 0 Å². The van der Waals surface area contributed by atoms with Gasteiger partial charge in [-0.25, -0.2) is 4.79 Å². The topological polar surface area (TPSA) is 113 Å². The molecule has 30 heavy (non-hydrogen) atoms.